The number of likely N-dealkylation sites (N-methyl/N-ethyl adjacent to an activating group) is 1. The number of amides is 2. The van der Waals surface area contributed by atoms with E-state index in [1.165, 1.54) is 0 Å². The number of urea groups is 1. The molecule has 0 saturated carbocycles. The van der Waals surface area contributed by atoms with E-state index >= 15 is 0 Å². The number of carbonyl (C=O) groups is 1. The van der Waals surface area contributed by atoms with E-state index in [1.807, 2.05) is 6.92 Å². The zero-order valence-corrected chi connectivity index (χ0v) is 6.13. The first-order valence-electron chi connectivity index (χ1n) is 3.46. The monoisotopic (exact) mass is 140 g/mol. The number of hydrogen-bond acceptors (Lipinski definition) is 1. The van der Waals surface area contributed by atoms with Gasteiger partial charge in [0.2, 0.25) is 0 Å². The normalized spacial score (nSPS) is 24.7. The van der Waals surface area contributed by atoms with Crippen LogP contribution in [0, 0.1) is 0 Å². The summed E-state index contributed by atoms with van der Waals surface area (Å²) in [6.45, 7) is 7.06. The van der Waals surface area contributed by atoms with Crippen molar-refractivity contribution in [3.8, 4) is 0 Å². The van der Waals surface area contributed by atoms with Crippen molar-refractivity contribution >= 4 is 6.03 Å². The maximum atomic E-state index is 10.9. The second-order valence-corrected chi connectivity index (χ2v) is 2.28. The molecule has 1 N–H and O–H groups in total. The maximum Gasteiger partial charge on any atom is 0.318 e. The molecule has 1 heterocycles. The minimum atomic E-state index is 0.0207. The molecule has 10 heavy (non-hydrogen) atoms. The molecule has 3 nitrogen and oxygen atoms in total. The largest absolute Gasteiger partial charge is 0.336 e. The van der Waals surface area contributed by atoms with E-state index in [4.69, 9.17) is 0 Å². The number of nitrogens with one attached hydrogen (secondary N) is 1. The molecule has 1 rings (SSSR count). The lowest BCUT2D eigenvalue weighted by Gasteiger charge is -2.16. The third kappa shape index (κ3) is 0.988. The van der Waals surface area contributed by atoms with Crippen LogP contribution in [0.4, 0.5) is 4.79 Å². The molecule has 2 amide bonds. The van der Waals surface area contributed by atoms with Crippen LogP contribution >= 0.6 is 0 Å². The highest BCUT2D eigenvalue weighted by Crippen LogP contribution is 2.05. The number of hydrogen-bond donors (Lipinski definition) is 1. The zero-order chi connectivity index (χ0) is 7.56. The Hall–Kier alpha value is -0.990. The fourth-order valence-corrected chi connectivity index (χ4v) is 1.14. The van der Waals surface area contributed by atoms with Gasteiger partial charge >= 0.3 is 6.03 Å². The van der Waals surface area contributed by atoms with E-state index in [2.05, 4.69) is 11.9 Å². The average Bonchev–Trinajstić information content (AvgIpc) is 2.30. The van der Waals surface area contributed by atoms with Gasteiger partial charge in [-0.15, -0.1) is 6.58 Å². The predicted octanol–water partition coefficient (Wildman–Crippen LogP) is 0.586. The molecule has 56 valence electrons. The van der Waals surface area contributed by atoms with Crippen molar-refractivity contribution in [3.05, 3.63) is 12.7 Å². The minimum absolute atomic E-state index is 0.0207. The van der Waals surface area contributed by atoms with E-state index in [-0.39, 0.29) is 12.1 Å². The van der Waals surface area contributed by atoms with Crippen molar-refractivity contribution in [2.45, 2.75) is 13.0 Å². The molecule has 0 spiro atoms. The highest BCUT2D eigenvalue weighted by molar-refractivity contribution is 5.77. The molecule has 0 aromatic rings. The summed E-state index contributed by atoms with van der Waals surface area (Å²) < 4.78 is 0. The topological polar surface area (TPSA) is 32.3 Å². The first-order chi connectivity index (χ1) is 4.79. The van der Waals surface area contributed by atoms with Crippen molar-refractivity contribution in [2.24, 2.45) is 0 Å². The fraction of sp³-hybridized carbons (Fsp3) is 0.571. The molecule has 1 aliphatic rings. The van der Waals surface area contributed by atoms with Crippen LogP contribution in [0.1, 0.15) is 6.92 Å². The van der Waals surface area contributed by atoms with Crippen LogP contribution in [0.3, 0.4) is 0 Å². The molecule has 1 atom stereocenters. The van der Waals surface area contributed by atoms with Gasteiger partial charge in [0.15, 0.2) is 0 Å². The van der Waals surface area contributed by atoms with Crippen molar-refractivity contribution in [2.75, 3.05) is 13.1 Å². The van der Waals surface area contributed by atoms with Crippen LogP contribution in [0.2, 0.25) is 0 Å². The van der Waals surface area contributed by atoms with Gasteiger partial charge in [-0.1, -0.05) is 6.08 Å². The molecule has 0 aromatic carbocycles. The molecule has 1 fully saturated rings. The van der Waals surface area contributed by atoms with E-state index in [1.54, 1.807) is 11.0 Å². The molecule has 0 unspecified atom stereocenters. The zero-order valence-electron chi connectivity index (χ0n) is 6.13. The molecular weight excluding hydrogens is 128 g/mol. The molecule has 1 saturated heterocycles. The van der Waals surface area contributed by atoms with Crippen molar-refractivity contribution in [3.63, 3.8) is 0 Å². The maximum absolute atomic E-state index is 10.9. The van der Waals surface area contributed by atoms with Gasteiger partial charge in [0.1, 0.15) is 0 Å². The molecular formula is C7H12N2O. The Bertz CT molecular complexity index is 156. The standard InChI is InChI=1S/C7H12N2O/c1-3-6-5-8-7(10)9(6)4-2/h3,6H,1,4-5H2,2H3,(H,8,10)/t6-/m1/s1. The summed E-state index contributed by atoms with van der Waals surface area (Å²) in [5.74, 6) is 0. The summed E-state index contributed by atoms with van der Waals surface area (Å²) >= 11 is 0. The SMILES string of the molecule is C=C[C@@H]1CNC(=O)N1CC. The van der Waals surface area contributed by atoms with Gasteiger partial charge < -0.3 is 10.2 Å². The summed E-state index contributed by atoms with van der Waals surface area (Å²) in [5.41, 5.74) is 0. The summed E-state index contributed by atoms with van der Waals surface area (Å²) in [5, 5.41) is 2.74. The quantitative estimate of drug-likeness (QED) is 0.559. The highest BCUT2D eigenvalue weighted by Gasteiger charge is 2.25. The number of nitrogens with zero attached hydrogens (tertiary/aromatic N) is 1. The van der Waals surface area contributed by atoms with Gasteiger partial charge in [-0.25, -0.2) is 4.79 Å². The number of carbonyl (C=O) groups excluding carboxylic acids is 1. The van der Waals surface area contributed by atoms with E-state index in [9.17, 15) is 4.79 Å². The second-order valence-electron chi connectivity index (χ2n) is 2.28. The summed E-state index contributed by atoms with van der Waals surface area (Å²) in [7, 11) is 0. The molecule has 1 aliphatic heterocycles. The van der Waals surface area contributed by atoms with E-state index < -0.39 is 0 Å². The highest BCUT2D eigenvalue weighted by atomic mass is 16.2. The Morgan fingerprint density at radius 3 is 3.10 bits per heavy atom. The van der Waals surface area contributed by atoms with Gasteiger partial charge in [0, 0.05) is 13.1 Å². The van der Waals surface area contributed by atoms with Crippen molar-refractivity contribution in [1.82, 2.24) is 10.2 Å². The first-order valence-corrected chi connectivity index (χ1v) is 3.46. The van der Waals surface area contributed by atoms with Crippen LogP contribution in [0.15, 0.2) is 12.7 Å². The Morgan fingerprint density at radius 2 is 2.70 bits per heavy atom. The molecule has 0 aliphatic carbocycles. The lowest BCUT2D eigenvalue weighted by Crippen LogP contribution is -2.32. The Morgan fingerprint density at radius 1 is 2.00 bits per heavy atom. The minimum Gasteiger partial charge on any atom is -0.336 e. The summed E-state index contributed by atoms with van der Waals surface area (Å²) in [6.07, 6.45) is 1.79. The van der Waals surface area contributed by atoms with Gasteiger partial charge in [-0.05, 0) is 6.92 Å². The van der Waals surface area contributed by atoms with Crippen LogP contribution in [0.25, 0.3) is 0 Å². The average molecular weight is 140 g/mol. The van der Waals surface area contributed by atoms with Crippen LogP contribution in [0.5, 0.6) is 0 Å². The third-order valence-corrected chi connectivity index (χ3v) is 1.74. The predicted molar refractivity (Wildman–Crippen MR) is 39.8 cm³/mol. The van der Waals surface area contributed by atoms with Gasteiger partial charge in [-0.3, -0.25) is 0 Å². The van der Waals surface area contributed by atoms with Crippen molar-refractivity contribution in [1.29, 1.82) is 0 Å². The van der Waals surface area contributed by atoms with Crippen LogP contribution in [-0.2, 0) is 0 Å². The van der Waals surface area contributed by atoms with Crippen molar-refractivity contribution < 1.29 is 4.79 Å². The lowest BCUT2D eigenvalue weighted by atomic mass is 10.3. The van der Waals surface area contributed by atoms with Gasteiger partial charge in [0.25, 0.3) is 0 Å². The molecule has 0 bridgehead atoms. The molecule has 0 aromatic heterocycles. The van der Waals surface area contributed by atoms with Crippen LogP contribution < -0.4 is 5.32 Å². The first kappa shape index (κ1) is 7.12. The van der Waals surface area contributed by atoms with Crippen LogP contribution in [-0.4, -0.2) is 30.1 Å². The number of rotatable bonds is 2. The third-order valence-electron chi connectivity index (χ3n) is 1.74. The second kappa shape index (κ2) is 2.73. The molecule has 0 radical (unpaired) electrons. The Kier molecular flexibility index (Phi) is 1.94. The van der Waals surface area contributed by atoms with Gasteiger partial charge in [-0.2, -0.15) is 0 Å². The smallest absolute Gasteiger partial charge is 0.318 e. The Balaban J connectivity index is 2.62. The van der Waals surface area contributed by atoms with E-state index in [0.29, 0.717) is 6.54 Å². The van der Waals surface area contributed by atoms with Gasteiger partial charge in [0.05, 0.1) is 6.04 Å². The lowest BCUT2D eigenvalue weighted by molar-refractivity contribution is 0.213. The molecule has 3 heteroatoms. The fourth-order valence-electron chi connectivity index (χ4n) is 1.14. The Labute approximate surface area is 60.7 Å². The van der Waals surface area contributed by atoms with E-state index in [0.717, 1.165) is 6.54 Å². The summed E-state index contributed by atoms with van der Waals surface area (Å²) in [6, 6.07) is 0.213. The summed E-state index contributed by atoms with van der Waals surface area (Å²) in [4.78, 5) is 12.7.